The quantitative estimate of drug-likeness (QED) is 0.733. The van der Waals surface area contributed by atoms with Crippen LogP contribution in [0.15, 0.2) is 23.0 Å². The first-order valence-corrected chi connectivity index (χ1v) is 7.55. The van der Waals surface area contributed by atoms with E-state index in [0.29, 0.717) is 10.9 Å². The number of carbonyl (C=O) groups is 1. The van der Waals surface area contributed by atoms with Gasteiger partial charge in [0.05, 0.1) is 5.69 Å². The number of thiazole rings is 1. The van der Waals surface area contributed by atoms with Crippen LogP contribution in [0.25, 0.3) is 4.96 Å². The highest BCUT2D eigenvalue weighted by Crippen LogP contribution is 2.22. The van der Waals surface area contributed by atoms with Crippen molar-refractivity contribution in [1.29, 1.82) is 0 Å². The van der Waals surface area contributed by atoms with Crippen molar-refractivity contribution >= 4 is 22.2 Å². The molecule has 0 saturated carbocycles. The van der Waals surface area contributed by atoms with Crippen molar-refractivity contribution in [2.45, 2.75) is 13.3 Å². The number of nitrogens with zero attached hydrogens (tertiary/aromatic N) is 2. The summed E-state index contributed by atoms with van der Waals surface area (Å²) in [5.74, 6) is -4.22. The zero-order valence-corrected chi connectivity index (χ0v) is 13.1. The van der Waals surface area contributed by atoms with Crippen LogP contribution in [0.4, 0.5) is 13.2 Å². The topological polar surface area (TPSA) is 77.5 Å². The van der Waals surface area contributed by atoms with E-state index in [-0.39, 0.29) is 16.3 Å². The van der Waals surface area contributed by atoms with Gasteiger partial charge in [0, 0.05) is 22.9 Å². The van der Waals surface area contributed by atoms with Gasteiger partial charge in [-0.05, 0) is 19.1 Å². The molecule has 24 heavy (non-hydrogen) atoms. The number of benzene rings is 1. The van der Waals surface area contributed by atoms with Gasteiger partial charge >= 0.3 is 0 Å². The molecule has 2 aromatic heterocycles. The molecule has 0 saturated heterocycles. The number of halogens is 3. The summed E-state index contributed by atoms with van der Waals surface area (Å²) in [5, 5.41) is 0. The summed E-state index contributed by atoms with van der Waals surface area (Å²) in [6.07, 6.45) is -0.399. The van der Waals surface area contributed by atoms with Crippen LogP contribution < -0.4 is 11.3 Å². The number of aryl methyl sites for hydroxylation is 1. The first kappa shape index (κ1) is 16.2. The molecule has 3 rings (SSSR count). The van der Waals surface area contributed by atoms with Crippen LogP contribution in [0.5, 0.6) is 0 Å². The third-order valence-corrected chi connectivity index (χ3v) is 4.43. The lowest BCUT2D eigenvalue weighted by molar-refractivity contribution is 0.0994. The Morgan fingerprint density at radius 1 is 1.29 bits per heavy atom. The standard InChI is InChI=1S/C15H10F3N3O2S/c1-6-13(14(19)23)21-11(22)5-7(20-15(21)24-6)4-8-9(16)2-3-10(17)12(8)18/h2-3,5H,4H2,1H3,(H2,19,23). The summed E-state index contributed by atoms with van der Waals surface area (Å²) in [7, 11) is 0. The second kappa shape index (κ2) is 5.75. The average molecular weight is 353 g/mol. The molecule has 0 atom stereocenters. The highest BCUT2D eigenvalue weighted by Gasteiger charge is 2.19. The number of fused-ring (bicyclic) bond motifs is 1. The largest absolute Gasteiger partial charge is 0.364 e. The summed E-state index contributed by atoms with van der Waals surface area (Å²) in [6.45, 7) is 1.60. The molecule has 1 aromatic carbocycles. The highest BCUT2D eigenvalue weighted by molar-refractivity contribution is 7.17. The molecule has 0 fully saturated rings. The summed E-state index contributed by atoms with van der Waals surface area (Å²) in [5.41, 5.74) is 4.20. The van der Waals surface area contributed by atoms with Crippen LogP contribution in [0.1, 0.15) is 26.6 Å². The van der Waals surface area contributed by atoms with E-state index >= 15 is 0 Å². The van der Waals surface area contributed by atoms with Gasteiger partial charge < -0.3 is 5.73 Å². The Hall–Kier alpha value is -2.68. The SMILES string of the molecule is Cc1sc2nc(Cc3c(F)ccc(F)c3F)cc(=O)n2c1C(N)=O. The van der Waals surface area contributed by atoms with E-state index in [9.17, 15) is 22.8 Å². The molecule has 0 radical (unpaired) electrons. The number of aromatic nitrogens is 2. The first-order valence-electron chi connectivity index (χ1n) is 6.74. The molecule has 0 bridgehead atoms. The Kier molecular flexibility index (Phi) is 3.88. The summed E-state index contributed by atoms with van der Waals surface area (Å²) >= 11 is 1.05. The van der Waals surface area contributed by atoms with E-state index < -0.39 is 40.9 Å². The van der Waals surface area contributed by atoms with Crippen molar-refractivity contribution in [3.05, 3.63) is 67.8 Å². The van der Waals surface area contributed by atoms with Crippen molar-refractivity contribution in [2.24, 2.45) is 5.73 Å². The van der Waals surface area contributed by atoms with Gasteiger partial charge in [0.1, 0.15) is 11.5 Å². The minimum absolute atomic E-state index is 0.0159. The number of carbonyl (C=O) groups excluding carboxylic acids is 1. The molecule has 5 nitrogen and oxygen atoms in total. The zero-order valence-electron chi connectivity index (χ0n) is 12.3. The number of nitrogens with two attached hydrogens (primary N) is 1. The fourth-order valence-electron chi connectivity index (χ4n) is 2.41. The molecule has 0 unspecified atom stereocenters. The Morgan fingerprint density at radius 3 is 2.62 bits per heavy atom. The minimum atomic E-state index is -1.32. The number of hydrogen-bond donors (Lipinski definition) is 1. The van der Waals surface area contributed by atoms with Gasteiger partial charge in [0.15, 0.2) is 16.6 Å². The first-order chi connectivity index (χ1) is 11.3. The van der Waals surface area contributed by atoms with Crippen LogP contribution >= 0.6 is 11.3 Å². The molecule has 0 spiro atoms. The van der Waals surface area contributed by atoms with E-state index in [1.54, 1.807) is 6.92 Å². The van der Waals surface area contributed by atoms with E-state index in [2.05, 4.69) is 4.98 Å². The summed E-state index contributed by atoms with van der Waals surface area (Å²) < 4.78 is 41.8. The van der Waals surface area contributed by atoms with Crippen LogP contribution in [-0.4, -0.2) is 15.3 Å². The second-order valence-corrected chi connectivity index (χ2v) is 6.25. The second-order valence-electron chi connectivity index (χ2n) is 5.07. The zero-order chi connectivity index (χ0) is 17.6. The van der Waals surface area contributed by atoms with Gasteiger partial charge in [-0.1, -0.05) is 0 Å². The van der Waals surface area contributed by atoms with Gasteiger partial charge in [0.2, 0.25) is 0 Å². The third-order valence-electron chi connectivity index (χ3n) is 3.47. The van der Waals surface area contributed by atoms with Crippen LogP contribution in [0, 0.1) is 24.4 Å². The van der Waals surface area contributed by atoms with Gasteiger partial charge in [-0.25, -0.2) is 22.6 Å². The lowest BCUT2D eigenvalue weighted by Gasteiger charge is -2.06. The average Bonchev–Trinajstić information content (AvgIpc) is 2.84. The lowest BCUT2D eigenvalue weighted by atomic mass is 10.1. The predicted molar refractivity (Wildman–Crippen MR) is 81.7 cm³/mol. The molecular weight excluding hydrogens is 343 g/mol. The van der Waals surface area contributed by atoms with Gasteiger partial charge in [-0.3, -0.25) is 9.59 Å². The van der Waals surface area contributed by atoms with Crippen LogP contribution in [0.3, 0.4) is 0 Å². The van der Waals surface area contributed by atoms with Crippen molar-refractivity contribution < 1.29 is 18.0 Å². The molecule has 3 aromatic rings. The molecular formula is C15H10F3N3O2S. The number of rotatable bonds is 3. The van der Waals surface area contributed by atoms with Gasteiger partial charge in [-0.15, -0.1) is 11.3 Å². The number of amides is 1. The number of hydrogen-bond acceptors (Lipinski definition) is 4. The lowest BCUT2D eigenvalue weighted by Crippen LogP contribution is -2.23. The van der Waals surface area contributed by atoms with Gasteiger partial charge in [-0.2, -0.15) is 0 Å². The molecule has 2 N–H and O–H groups in total. The Labute approximate surface area is 137 Å². The summed E-state index contributed by atoms with van der Waals surface area (Å²) in [4.78, 5) is 28.5. The smallest absolute Gasteiger partial charge is 0.266 e. The maximum absolute atomic E-state index is 13.8. The Morgan fingerprint density at radius 2 is 1.96 bits per heavy atom. The van der Waals surface area contributed by atoms with Crippen LogP contribution in [0.2, 0.25) is 0 Å². The molecule has 0 aliphatic rings. The van der Waals surface area contributed by atoms with Crippen molar-refractivity contribution in [2.75, 3.05) is 0 Å². The van der Waals surface area contributed by atoms with E-state index in [4.69, 9.17) is 5.73 Å². The molecule has 0 aliphatic heterocycles. The van der Waals surface area contributed by atoms with Crippen molar-refractivity contribution in [3.63, 3.8) is 0 Å². The number of primary amides is 1. The fraction of sp³-hybridized carbons (Fsp3) is 0.133. The normalized spacial score (nSPS) is 11.2. The van der Waals surface area contributed by atoms with E-state index in [1.165, 1.54) is 0 Å². The van der Waals surface area contributed by atoms with Gasteiger partial charge in [0.25, 0.3) is 11.5 Å². The van der Waals surface area contributed by atoms with Crippen molar-refractivity contribution in [3.8, 4) is 0 Å². The summed E-state index contributed by atoms with van der Waals surface area (Å²) in [6, 6.07) is 2.52. The van der Waals surface area contributed by atoms with E-state index in [1.807, 2.05) is 0 Å². The monoisotopic (exact) mass is 353 g/mol. The predicted octanol–water partition coefficient (Wildman–Crippen LogP) is 2.17. The maximum Gasteiger partial charge on any atom is 0.266 e. The minimum Gasteiger partial charge on any atom is -0.364 e. The van der Waals surface area contributed by atoms with Crippen LogP contribution in [-0.2, 0) is 6.42 Å². The maximum atomic E-state index is 13.8. The Bertz CT molecular complexity index is 1040. The third kappa shape index (κ3) is 2.56. The highest BCUT2D eigenvalue weighted by atomic mass is 32.1. The fourth-order valence-corrected chi connectivity index (χ4v) is 3.41. The molecule has 124 valence electrons. The molecule has 1 amide bonds. The Balaban J connectivity index is 2.15. The molecule has 9 heteroatoms. The molecule has 0 aliphatic carbocycles. The molecule has 2 heterocycles. The van der Waals surface area contributed by atoms with Crippen molar-refractivity contribution in [1.82, 2.24) is 9.38 Å². The van der Waals surface area contributed by atoms with E-state index in [0.717, 1.165) is 27.9 Å².